The Morgan fingerprint density at radius 3 is 2.50 bits per heavy atom. The summed E-state index contributed by atoms with van der Waals surface area (Å²) in [6.45, 7) is 4.11. The molecule has 3 aromatic carbocycles. The summed E-state index contributed by atoms with van der Waals surface area (Å²) in [6, 6.07) is 23.4. The highest BCUT2D eigenvalue weighted by molar-refractivity contribution is 6.13. The predicted octanol–water partition coefficient (Wildman–Crippen LogP) is 6.03. The number of fused-ring (bicyclic) bond motifs is 1. The molecule has 0 aliphatic rings. The molecule has 0 aliphatic heterocycles. The van der Waals surface area contributed by atoms with E-state index < -0.39 is 0 Å². The fraction of sp³-hybridized carbons (Fsp3) is 0.154. The second-order valence-electron chi connectivity index (χ2n) is 7.22. The summed E-state index contributed by atoms with van der Waals surface area (Å²) < 4.78 is 5.25. The molecule has 0 radical (unpaired) electrons. The number of anilines is 1. The monoisotopic (exact) mass is 396 g/mol. The Bertz CT molecular complexity index is 1210. The van der Waals surface area contributed by atoms with E-state index in [1.807, 2.05) is 73.7 Å². The van der Waals surface area contributed by atoms with Gasteiger partial charge in [-0.05, 0) is 60.9 Å². The highest BCUT2D eigenvalue weighted by Crippen LogP contribution is 2.28. The molecule has 4 nitrogen and oxygen atoms in total. The minimum atomic E-state index is -0.132. The van der Waals surface area contributed by atoms with Gasteiger partial charge in [-0.25, -0.2) is 4.98 Å². The third-order valence-electron chi connectivity index (χ3n) is 5.33. The van der Waals surface area contributed by atoms with Crippen molar-refractivity contribution in [3.05, 3.63) is 89.5 Å². The lowest BCUT2D eigenvalue weighted by Gasteiger charge is -2.15. The van der Waals surface area contributed by atoms with E-state index in [2.05, 4.69) is 18.3 Å². The van der Waals surface area contributed by atoms with Crippen LogP contribution in [-0.4, -0.2) is 18.0 Å². The number of para-hydroxylation sites is 2. The SMILES string of the molecule is CCc1cccc(C)c1NC(=O)c1cc(-c2ccc(OC)cc2)nc2ccccc12. The molecule has 30 heavy (non-hydrogen) atoms. The molecule has 150 valence electrons. The fourth-order valence-electron chi connectivity index (χ4n) is 3.66. The molecule has 1 aromatic heterocycles. The average molecular weight is 396 g/mol. The van der Waals surface area contributed by atoms with E-state index in [1.54, 1.807) is 7.11 Å². The molecule has 1 heterocycles. The molecular formula is C26H24N2O2. The van der Waals surface area contributed by atoms with Gasteiger partial charge in [0.15, 0.2) is 0 Å². The Kier molecular flexibility index (Phi) is 5.48. The van der Waals surface area contributed by atoms with Gasteiger partial charge in [0, 0.05) is 16.6 Å². The summed E-state index contributed by atoms with van der Waals surface area (Å²) in [5.74, 6) is 0.650. The molecule has 1 amide bonds. The molecule has 0 saturated carbocycles. The number of carbonyl (C=O) groups excluding carboxylic acids is 1. The van der Waals surface area contributed by atoms with Gasteiger partial charge >= 0.3 is 0 Å². The largest absolute Gasteiger partial charge is 0.497 e. The highest BCUT2D eigenvalue weighted by Gasteiger charge is 2.16. The van der Waals surface area contributed by atoms with Crippen LogP contribution >= 0.6 is 0 Å². The third-order valence-corrected chi connectivity index (χ3v) is 5.33. The van der Waals surface area contributed by atoms with Crippen LogP contribution in [0.15, 0.2) is 72.8 Å². The third kappa shape index (κ3) is 3.77. The van der Waals surface area contributed by atoms with Gasteiger partial charge < -0.3 is 10.1 Å². The number of aromatic nitrogens is 1. The first-order valence-corrected chi connectivity index (χ1v) is 10.0. The van der Waals surface area contributed by atoms with Crippen LogP contribution in [0.1, 0.15) is 28.4 Å². The molecule has 0 fully saturated rings. The van der Waals surface area contributed by atoms with Crippen molar-refractivity contribution in [1.29, 1.82) is 0 Å². The van der Waals surface area contributed by atoms with Crippen molar-refractivity contribution in [2.75, 3.05) is 12.4 Å². The molecule has 0 saturated heterocycles. The van der Waals surface area contributed by atoms with E-state index in [-0.39, 0.29) is 5.91 Å². The zero-order valence-electron chi connectivity index (χ0n) is 17.4. The van der Waals surface area contributed by atoms with E-state index in [1.165, 1.54) is 0 Å². The van der Waals surface area contributed by atoms with Crippen LogP contribution in [0, 0.1) is 6.92 Å². The number of ether oxygens (including phenoxy) is 1. The standard InChI is InChI=1S/C26H24N2O2/c1-4-18-9-7-8-17(2)25(18)28-26(29)22-16-24(19-12-14-20(30-3)15-13-19)27-23-11-6-5-10-21(22)23/h5-16H,4H2,1-3H3,(H,28,29). The first-order chi connectivity index (χ1) is 14.6. The number of methoxy groups -OCH3 is 1. The van der Waals surface area contributed by atoms with Crippen molar-refractivity contribution in [2.45, 2.75) is 20.3 Å². The minimum Gasteiger partial charge on any atom is -0.497 e. The number of carbonyl (C=O) groups is 1. The molecular weight excluding hydrogens is 372 g/mol. The smallest absolute Gasteiger partial charge is 0.256 e. The average Bonchev–Trinajstić information content (AvgIpc) is 2.79. The summed E-state index contributed by atoms with van der Waals surface area (Å²) in [4.78, 5) is 18.2. The number of nitrogens with one attached hydrogen (secondary N) is 1. The maximum absolute atomic E-state index is 13.4. The Hall–Kier alpha value is -3.66. The van der Waals surface area contributed by atoms with Crippen molar-refractivity contribution in [1.82, 2.24) is 4.98 Å². The van der Waals surface area contributed by atoms with Crippen molar-refractivity contribution in [3.63, 3.8) is 0 Å². The maximum Gasteiger partial charge on any atom is 0.256 e. The summed E-state index contributed by atoms with van der Waals surface area (Å²) in [6.07, 6.45) is 0.853. The van der Waals surface area contributed by atoms with E-state index in [0.717, 1.165) is 51.1 Å². The van der Waals surface area contributed by atoms with Crippen molar-refractivity contribution < 1.29 is 9.53 Å². The molecule has 0 aliphatic carbocycles. The number of benzene rings is 3. The number of aryl methyl sites for hydroxylation is 2. The van der Waals surface area contributed by atoms with Gasteiger partial charge in [0.05, 0.1) is 23.9 Å². The summed E-state index contributed by atoms with van der Waals surface area (Å²) in [7, 11) is 1.64. The van der Waals surface area contributed by atoms with E-state index in [9.17, 15) is 4.79 Å². The quantitative estimate of drug-likeness (QED) is 0.448. The topological polar surface area (TPSA) is 51.2 Å². The Labute approximate surface area is 176 Å². The summed E-state index contributed by atoms with van der Waals surface area (Å²) in [5.41, 5.74) is 6.14. The Morgan fingerprint density at radius 1 is 1.00 bits per heavy atom. The lowest BCUT2D eigenvalue weighted by Crippen LogP contribution is -2.15. The van der Waals surface area contributed by atoms with Gasteiger partial charge in [-0.3, -0.25) is 4.79 Å². The van der Waals surface area contributed by atoms with Gasteiger partial charge in [-0.15, -0.1) is 0 Å². The Balaban J connectivity index is 1.80. The lowest BCUT2D eigenvalue weighted by atomic mass is 10.0. The van der Waals surface area contributed by atoms with E-state index in [0.29, 0.717) is 5.56 Å². The first-order valence-electron chi connectivity index (χ1n) is 10.0. The number of hydrogen-bond donors (Lipinski definition) is 1. The van der Waals surface area contributed by atoms with Crippen LogP contribution in [-0.2, 0) is 6.42 Å². The van der Waals surface area contributed by atoms with Crippen molar-refractivity contribution >= 4 is 22.5 Å². The summed E-state index contributed by atoms with van der Waals surface area (Å²) >= 11 is 0. The maximum atomic E-state index is 13.4. The van der Waals surface area contributed by atoms with Gasteiger partial charge in [0.2, 0.25) is 0 Å². The van der Waals surface area contributed by atoms with Crippen LogP contribution in [0.4, 0.5) is 5.69 Å². The van der Waals surface area contributed by atoms with Gasteiger partial charge in [0.25, 0.3) is 5.91 Å². The molecule has 0 atom stereocenters. The van der Waals surface area contributed by atoms with Crippen LogP contribution in [0.5, 0.6) is 5.75 Å². The molecule has 0 unspecified atom stereocenters. The zero-order valence-corrected chi connectivity index (χ0v) is 17.4. The number of pyridine rings is 1. The number of rotatable bonds is 5. The van der Waals surface area contributed by atoms with E-state index in [4.69, 9.17) is 9.72 Å². The van der Waals surface area contributed by atoms with Crippen LogP contribution < -0.4 is 10.1 Å². The molecule has 1 N–H and O–H groups in total. The molecule has 4 aromatic rings. The van der Waals surface area contributed by atoms with Crippen LogP contribution in [0.2, 0.25) is 0 Å². The number of hydrogen-bond acceptors (Lipinski definition) is 3. The summed E-state index contributed by atoms with van der Waals surface area (Å²) in [5, 5.41) is 3.98. The molecule has 0 spiro atoms. The highest BCUT2D eigenvalue weighted by atomic mass is 16.5. The fourth-order valence-corrected chi connectivity index (χ4v) is 3.66. The molecule has 4 heteroatoms. The van der Waals surface area contributed by atoms with Crippen molar-refractivity contribution in [2.24, 2.45) is 0 Å². The number of nitrogens with zero attached hydrogens (tertiary/aromatic N) is 1. The predicted molar refractivity (Wildman–Crippen MR) is 122 cm³/mol. The number of amides is 1. The van der Waals surface area contributed by atoms with Gasteiger partial charge in [-0.1, -0.05) is 43.3 Å². The minimum absolute atomic E-state index is 0.132. The molecule has 4 rings (SSSR count). The Morgan fingerprint density at radius 2 is 1.77 bits per heavy atom. The van der Waals surface area contributed by atoms with Crippen LogP contribution in [0.3, 0.4) is 0 Å². The zero-order chi connectivity index (χ0) is 21.1. The van der Waals surface area contributed by atoms with Crippen molar-refractivity contribution in [3.8, 4) is 17.0 Å². The lowest BCUT2D eigenvalue weighted by molar-refractivity contribution is 0.102. The van der Waals surface area contributed by atoms with Gasteiger partial charge in [0.1, 0.15) is 5.75 Å². The van der Waals surface area contributed by atoms with Gasteiger partial charge in [-0.2, -0.15) is 0 Å². The first kappa shape index (κ1) is 19.6. The normalized spacial score (nSPS) is 10.8. The molecule has 0 bridgehead atoms. The van der Waals surface area contributed by atoms with Crippen LogP contribution in [0.25, 0.3) is 22.2 Å². The second kappa shape index (κ2) is 8.37. The second-order valence-corrected chi connectivity index (χ2v) is 7.22. The van der Waals surface area contributed by atoms with E-state index >= 15 is 0 Å².